The average molecular weight is 585 g/mol. The van der Waals surface area contributed by atoms with Gasteiger partial charge in [-0.15, -0.1) is 0 Å². The molecule has 0 bridgehead atoms. The largest absolute Gasteiger partial charge is 0.394 e. The zero-order valence-electron chi connectivity index (χ0n) is 22.2. The number of halogens is 1. The standard InChI is InChI=1S/C23H45FN6O10/c24-8(5-25)3-13(32)21(36)30-12-4-11(28)19(39-22-10(27)2-1-9(6-26)37-22)18(35)20(12)40-23-17(34)15(29)16(33)14(7-31)38-23/h8-20,22-23,31-35H,1-7,25-29H2,(H,30,36)/t8-,9-,10+,11-,12+,13-,14+,15-,16+,17+,18-,19+,20-,22+,23+/m0/s1. The van der Waals surface area contributed by atoms with E-state index in [0.29, 0.717) is 12.8 Å². The highest BCUT2D eigenvalue weighted by Gasteiger charge is 2.51. The summed E-state index contributed by atoms with van der Waals surface area (Å²) in [4.78, 5) is 12.7. The number of aliphatic hydroxyl groups excluding tert-OH is 5. The summed E-state index contributed by atoms with van der Waals surface area (Å²) < 4.78 is 36.9. The Bertz CT molecular complexity index is 807. The molecular weight excluding hydrogens is 539 g/mol. The lowest BCUT2D eigenvalue weighted by molar-refractivity contribution is -0.314. The molecule has 0 aromatic carbocycles. The molecule has 0 aromatic rings. The van der Waals surface area contributed by atoms with Crippen LogP contribution >= 0.6 is 0 Å². The highest BCUT2D eigenvalue weighted by atomic mass is 19.1. The van der Waals surface area contributed by atoms with Crippen molar-refractivity contribution in [3.63, 3.8) is 0 Å². The number of hydrogen-bond acceptors (Lipinski definition) is 15. The Balaban J connectivity index is 1.82. The summed E-state index contributed by atoms with van der Waals surface area (Å²) in [5.74, 6) is -0.970. The Morgan fingerprint density at radius 3 is 2.27 bits per heavy atom. The molecule has 3 fully saturated rings. The van der Waals surface area contributed by atoms with Gasteiger partial charge in [0.2, 0.25) is 5.91 Å². The number of carbonyl (C=O) groups is 1. The number of hydrogen-bond donors (Lipinski definition) is 11. The smallest absolute Gasteiger partial charge is 0.249 e. The SMILES string of the molecule is NC[C@@H](F)C[C@H](O)C(=O)N[C@@H]1C[C@H](N)[C@@H](O[C@H]2O[C@H](CN)CC[C@H]2N)[C@H](O)[C@H]1O[C@H]1O[C@H](CO)[C@@H](O)[C@H](N)[C@H]1O. The normalized spacial score (nSPS) is 44.1. The lowest BCUT2D eigenvalue weighted by Gasteiger charge is -2.48. The molecule has 0 spiro atoms. The van der Waals surface area contributed by atoms with Crippen LogP contribution in [0.25, 0.3) is 0 Å². The van der Waals surface area contributed by atoms with Crippen molar-refractivity contribution >= 4 is 5.91 Å². The van der Waals surface area contributed by atoms with Gasteiger partial charge in [-0.1, -0.05) is 0 Å². The van der Waals surface area contributed by atoms with Gasteiger partial charge in [-0.3, -0.25) is 4.79 Å². The van der Waals surface area contributed by atoms with E-state index in [4.69, 9.17) is 47.6 Å². The molecule has 16 N–H and O–H groups in total. The van der Waals surface area contributed by atoms with Crippen LogP contribution in [0.5, 0.6) is 0 Å². The zero-order chi connectivity index (χ0) is 29.7. The van der Waals surface area contributed by atoms with Crippen LogP contribution in [0.3, 0.4) is 0 Å². The summed E-state index contributed by atoms with van der Waals surface area (Å²) >= 11 is 0. The van der Waals surface area contributed by atoms with E-state index in [1.165, 1.54) is 0 Å². The minimum atomic E-state index is -1.76. The van der Waals surface area contributed by atoms with E-state index in [-0.39, 0.29) is 19.1 Å². The fraction of sp³-hybridized carbons (Fsp3) is 0.957. The molecule has 2 aliphatic heterocycles. The second-order valence-corrected chi connectivity index (χ2v) is 10.7. The van der Waals surface area contributed by atoms with Gasteiger partial charge >= 0.3 is 0 Å². The summed E-state index contributed by atoms with van der Waals surface area (Å²) in [7, 11) is 0. The molecule has 1 aliphatic carbocycles. The van der Waals surface area contributed by atoms with Crippen LogP contribution in [-0.2, 0) is 23.7 Å². The van der Waals surface area contributed by atoms with Crippen molar-refractivity contribution < 1.29 is 53.7 Å². The molecule has 16 nitrogen and oxygen atoms in total. The Hall–Kier alpha value is -1.16. The second kappa shape index (κ2) is 14.8. The van der Waals surface area contributed by atoms with Crippen LogP contribution in [-0.4, -0.2) is 143 Å². The molecule has 2 saturated heterocycles. The van der Waals surface area contributed by atoms with Gasteiger partial charge in [-0.2, -0.15) is 0 Å². The average Bonchev–Trinajstić information content (AvgIpc) is 2.93. The molecule has 0 radical (unpaired) electrons. The summed E-state index contributed by atoms with van der Waals surface area (Å²) in [6, 6.07) is -3.82. The summed E-state index contributed by atoms with van der Waals surface area (Å²) in [6.45, 7) is -0.817. The Morgan fingerprint density at radius 1 is 0.975 bits per heavy atom. The van der Waals surface area contributed by atoms with E-state index in [1.807, 2.05) is 0 Å². The lowest BCUT2D eigenvalue weighted by Crippen LogP contribution is -2.69. The maximum Gasteiger partial charge on any atom is 0.249 e. The number of nitrogens with two attached hydrogens (primary N) is 5. The van der Waals surface area contributed by atoms with E-state index >= 15 is 0 Å². The van der Waals surface area contributed by atoms with Crippen molar-refractivity contribution in [2.75, 3.05) is 19.7 Å². The molecular formula is C23H45FN6O10. The van der Waals surface area contributed by atoms with E-state index in [9.17, 15) is 34.7 Å². The van der Waals surface area contributed by atoms with Gasteiger partial charge in [0.05, 0.1) is 30.8 Å². The maximum atomic E-state index is 13.7. The second-order valence-electron chi connectivity index (χ2n) is 10.7. The number of amides is 1. The predicted octanol–water partition coefficient (Wildman–Crippen LogP) is -6.06. The molecule has 0 unspecified atom stereocenters. The highest BCUT2D eigenvalue weighted by Crippen LogP contribution is 2.31. The van der Waals surface area contributed by atoms with Gasteiger partial charge in [0.25, 0.3) is 0 Å². The number of nitrogens with one attached hydrogen (secondary N) is 1. The fourth-order valence-corrected chi connectivity index (χ4v) is 5.18. The molecule has 2 heterocycles. The van der Waals surface area contributed by atoms with Gasteiger partial charge < -0.3 is 78.5 Å². The van der Waals surface area contributed by atoms with E-state index < -0.39 is 111 Å². The Morgan fingerprint density at radius 2 is 1.65 bits per heavy atom. The summed E-state index contributed by atoms with van der Waals surface area (Å²) in [5.41, 5.74) is 29.3. The van der Waals surface area contributed by atoms with Crippen molar-refractivity contribution in [3.05, 3.63) is 0 Å². The number of rotatable bonds is 11. The number of alkyl halides is 1. The van der Waals surface area contributed by atoms with E-state index in [0.717, 1.165) is 0 Å². The van der Waals surface area contributed by atoms with Crippen LogP contribution < -0.4 is 34.0 Å². The first-order chi connectivity index (χ1) is 18.9. The van der Waals surface area contributed by atoms with Crippen molar-refractivity contribution in [1.82, 2.24) is 5.32 Å². The van der Waals surface area contributed by atoms with Crippen molar-refractivity contribution in [1.29, 1.82) is 0 Å². The number of aliphatic hydroxyl groups is 5. The molecule has 3 rings (SSSR count). The van der Waals surface area contributed by atoms with E-state index in [2.05, 4.69) is 5.32 Å². The molecule has 1 saturated carbocycles. The van der Waals surface area contributed by atoms with Crippen LogP contribution in [0.15, 0.2) is 0 Å². The minimum absolute atomic E-state index is 0.0655. The van der Waals surface area contributed by atoms with Gasteiger partial charge in [0, 0.05) is 25.6 Å². The predicted molar refractivity (Wildman–Crippen MR) is 136 cm³/mol. The molecule has 3 aliphatic rings. The molecule has 15 atom stereocenters. The topological polar surface area (TPSA) is 297 Å². The fourth-order valence-electron chi connectivity index (χ4n) is 5.18. The zero-order valence-corrected chi connectivity index (χ0v) is 22.2. The van der Waals surface area contributed by atoms with Gasteiger partial charge in [-0.25, -0.2) is 4.39 Å². The first-order valence-corrected chi connectivity index (χ1v) is 13.5. The molecule has 1 amide bonds. The van der Waals surface area contributed by atoms with Gasteiger partial charge in [0.1, 0.15) is 48.9 Å². The lowest BCUT2D eigenvalue weighted by atomic mass is 9.83. The minimum Gasteiger partial charge on any atom is -0.394 e. The highest BCUT2D eigenvalue weighted by molar-refractivity contribution is 5.80. The van der Waals surface area contributed by atoms with Crippen molar-refractivity contribution in [2.24, 2.45) is 28.7 Å². The molecule has 234 valence electrons. The Labute approximate surface area is 231 Å². The quantitative estimate of drug-likeness (QED) is 0.108. The van der Waals surface area contributed by atoms with Crippen LogP contribution in [0.4, 0.5) is 4.39 Å². The first-order valence-electron chi connectivity index (χ1n) is 13.5. The molecule has 40 heavy (non-hydrogen) atoms. The monoisotopic (exact) mass is 584 g/mol. The summed E-state index contributed by atoms with van der Waals surface area (Å²) in [6.07, 6.45) is -14.0. The van der Waals surface area contributed by atoms with Crippen molar-refractivity contribution in [3.8, 4) is 0 Å². The number of ether oxygens (including phenoxy) is 4. The van der Waals surface area contributed by atoms with Crippen LogP contribution in [0.1, 0.15) is 25.7 Å². The van der Waals surface area contributed by atoms with Gasteiger partial charge in [0.15, 0.2) is 12.6 Å². The number of carbonyl (C=O) groups excluding carboxylic acids is 1. The first kappa shape index (κ1) is 33.3. The Kier molecular flexibility index (Phi) is 12.4. The van der Waals surface area contributed by atoms with Gasteiger partial charge in [-0.05, 0) is 19.3 Å². The van der Waals surface area contributed by atoms with E-state index in [1.54, 1.807) is 0 Å². The summed E-state index contributed by atoms with van der Waals surface area (Å²) in [5, 5.41) is 54.4. The molecule has 17 heteroatoms. The third-order valence-electron chi connectivity index (χ3n) is 7.66. The van der Waals surface area contributed by atoms with Crippen LogP contribution in [0, 0.1) is 0 Å². The molecule has 0 aromatic heterocycles. The third-order valence-corrected chi connectivity index (χ3v) is 7.66. The van der Waals surface area contributed by atoms with Crippen LogP contribution in [0.2, 0.25) is 0 Å². The van der Waals surface area contributed by atoms with Crippen molar-refractivity contribution in [2.45, 2.75) is 117 Å². The third kappa shape index (κ3) is 7.81. The maximum absolute atomic E-state index is 13.7.